The minimum atomic E-state index is 0.204. The standard InChI is InChI=1S/C18H25N5O/c19-15-7-3-5-13(15)11-17(24)22-9-4-6-14(12-22)18-21-20-16-8-1-2-10-23(16)18/h1-2,8,10,13-15H,3-7,9,11-12,19H2/t13-,14?,15+/m0/s1. The van der Waals surface area contributed by atoms with Crippen molar-refractivity contribution < 1.29 is 4.79 Å². The Morgan fingerprint density at radius 2 is 2.12 bits per heavy atom. The van der Waals surface area contributed by atoms with Gasteiger partial charge in [0, 0.05) is 37.7 Å². The molecule has 1 amide bonds. The second kappa shape index (κ2) is 6.51. The fourth-order valence-corrected chi connectivity index (χ4v) is 4.23. The minimum Gasteiger partial charge on any atom is -0.342 e. The molecule has 1 aliphatic heterocycles. The van der Waals surface area contributed by atoms with Crippen LogP contribution >= 0.6 is 0 Å². The molecule has 0 spiro atoms. The molecule has 3 heterocycles. The van der Waals surface area contributed by atoms with Crippen LogP contribution in [0.3, 0.4) is 0 Å². The van der Waals surface area contributed by atoms with E-state index in [1.807, 2.05) is 33.7 Å². The van der Waals surface area contributed by atoms with Gasteiger partial charge in [-0.1, -0.05) is 12.5 Å². The third kappa shape index (κ3) is 2.90. The van der Waals surface area contributed by atoms with Gasteiger partial charge in [-0.3, -0.25) is 9.20 Å². The number of pyridine rings is 1. The van der Waals surface area contributed by atoms with Crippen molar-refractivity contribution >= 4 is 11.6 Å². The topological polar surface area (TPSA) is 76.5 Å². The van der Waals surface area contributed by atoms with Crippen molar-refractivity contribution in [3.63, 3.8) is 0 Å². The molecule has 1 saturated carbocycles. The zero-order valence-electron chi connectivity index (χ0n) is 14.0. The molecule has 1 aliphatic carbocycles. The van der Waals surface area contributed by atoms with Crippen LogP contribution in [-0.4, -0.2) is 44.5 Å². The van der Waals surface area contributed by atoms with Gasteiger partial charge in [-0.25, -0.2) is 0 Å². The largest absolute Gasteiger partial charge is 0.342 e. The Bertz CT molecular complexity index is 727. The van der Waals surface area contributed by atoms with E-state index in [1.54, 1.807) is 0 Å². The summed E-state index contributed by atoms with van der Waals surface area (Å²) >= 11 is 0. The van der Waals surface area contributed by atoms with Crippen LogP contribution in [-0.2, 0) is 4.79 Å². The molecule has 6 nitrogen and oxygen atoms in total. The van der Waals surface area contributed by atoms with E-state index in [2.05, 4.69) is 10.2 Å². The number of aromatic nitrogens is 3. The van der Waals surface area contributed by atoms with Crippen molar-refractivity contribution in [1.29, 1.82) is 0 Å². The molecule has 2 aromatic heterocycles. The number of likely N-dealkylation sites (tertiary alicyclic amines) is 1. The summed E-state index contributed by atoms with van der Waals surface area (Å²) in [4.78, 5) is 14.7. The number of nitrogens with two attached hydrogens (primary N) is 1. The van der Waals surface area contributed by atoms with Gasteiger partial charge in [0.05, 0.1) is 0 Å². The van der Waals surface area contributed by atoms with E-state index in [1.165, 1.54) is 0 Å². The van der Waals surface area contributed by atoms with Crippen LogP contribution in [0.2, 0.25) is 0 Å². The summed E-state index contributed by atoms with van der Waals surface area (Å²) in [5.74, 6) is 1.86. The number of rotatable bonds is 3. The number of fused-ring (bicyclic) bond motifs is 1. The molecule has 0 bridgehead atoms. The van der Waals surface area contributed by atoms with E-state index < -0.39 is 0 Å². The summed E-state index contributed by atoms with van der Waals surface area (Å²) in [5.41, 5.74) is 7.00. The SMILES string of the molecule is N[C@@H]1CCC[C@H]1CC(=O)N1CCCC(c2nnc3ccccn23)C1. The molecular formula is C18H25N5O. The van der Waals surface area contributed by atoms with Crippen molar-refractivity contribution in [2.24, 2.45) is 11.7 Å². The van der Waals surface area contributed by atoms with Crippen molar-refractivity contribution in [3.05, 3.63) is 30.2 Å². The number of hydrogen-bond donors (Lipinski definition) is 1. The number of carbonyl (C=O) groups is 1. The fourth-order valence-electron chi connectivity index (χ4n) is 4.23. The predicted molar refractivity (Wildman–Crippen MR) is 91.5 cm³/mol. The molecule has 2 aromatic rings. The highest BCUT2D eigenvalue weighted by Crippen LogP contribution is 2.30. The molecule has 4 rings (SSSR count). The second-order valence-corrected chi connectivity index (χ2v) is 7.22. The lowest BCUT2D eigenvalue weighted by molar-refractivity contribution is -0.133. The molecule has 0 radical (unpaired) electrons. The maximum atomic E-state index is 12.7. The quantitative estimate of drug-likeness (QED) is 0.935. The van der Waals surface area contributed by atoms with Crippen LogP contribution in [0.5, 0.6) is 0 Å². The first-order chi connectivity index (χ1) is 11.7. The molecule has 3 atom stereocenters. The van der Waals surface area contributed by atoms with Crippen LogP contribution in [0.25, 0.3) is 5.65 Å². The lowest BCUT2D eigenvalue weighted by Crippen LogP contribution is -2.41. The minimum absolute atomic E-state index is 0.204. The molecule has 24 heavy (non-hydrogen) atoms. The maximum absolute atomic E-state index is 12.7. The highest BCUT2D eigenvalue weighted by atomic mass is 16.2. The van der Waals surface area contributed by atoms with E-state index >= 15 is 0 Å². The molecule has 1 saturated heterocycles. The summed E-state index contributed by atoms with van der Waals surface area (Å²) in [6.07, 6.45) is 8.01. The molecule has 6 heteroatoms. The Balaban J connectivity index is 1.46. The van der Waals surface area contributed by atoms with Gasteiger partial charge in [0.2, 0.25) is 5.91 Å². The molecule has 2 N–H and O–H groups in total. The van der Waals surface area contributed by atoms with E-state index in [-0.39, 0.29) is 17.9 Å². The molecule has 2 aliphatic rings. The molecule has 2 fully saturated rings. The second-order valence-electron chi connectivity index (χ2n) is 7.22. The van der Waals surface area contributed by atoms with Gasteiger partial charge >= 0.3 is 0 Å². The first-order valence-corrected chi connectivity index (χ1v) is 9.05. The van der Waals surface area contributed by atoms with Gasteiger partial charge in [-0.2, -0.15) is 0 Å². The first kappa shape index (κ1) is 15.6. The Hall–Kier alpha value is -1.95. The number of carbonyl (C=O) groups excluding carboxylic acids is 1. The Kier molecular flexibility index (Phi) is 4.22. The van der Waals surface area contributed by atoms with E-state index in [9.17, 15) is 4.79 Å². The molecule has 1 unspecified atom stereocenters. The Morgan fingerprint density at radius 3 is 2.96 bits per heavy atom. The first-order valence-electron chi connectivity index (χ1n) is 9.05. The van der Waals surface area contributed by atoms with E-state index in [4.69, 9.17) is 5.73 Å². The van der Waals surface area contributed by atoms with Gasteiger partial charge in [-0.05, 0) is 43.7 Å². The van der Waals surface area contributed by atoms with Crippen LogP contribution in [0, 0.1) is 5.92 Å². The predicted octanol–water partition coefficient (Wildman–Crippen LogP) is 1.95. The summed E-state index contributed by atoms with van der Waals surface area (Å²) in [6.45, 7) is 1.60. The van der Waals surface area contributed by atoms with Crippen LogP contribution in [0.15, 0.2) is 24.4 Å². The smallest absolute Gasteiger partial charge is 0.222 e. The van der Waals surface area contributed by atoms with Gasteiger partial charge in [0.25, 0.3) is 0 Å². The molecule has 128 valence electrons. The van der Waals surface area contributed by atoms with Crippen molar-refractivity contribution in [2.45, 2.75) is 50.5 Å². The summed E-state index contributed by atoms with van der Waals surface area (Å²) in [5, 5.41) is 8.63. The normalized spacial score (nSPS) is 27.7. The highest BCUT2D eigenvalue weighted by Gasteiger charge is 2.31. The van der Waals surface area contributed by atoms with Crippen molar-refractivity contribution in [3.8, 4) is 0 Å². The number of piperidine rings is 1. The molecular weight excluding hydrogens is 302 g/mol. The summed E-state index contributed by atoms with van der Waals surface area (Å²) < 4.78 is 2.05. The van der Waals surface area contributed by atoms with Gasteiger partial charge in [0.1, 0.15) is 5.82 Å². The lowest BCUT2D eigenvalue weighted by Gasteiger charge is -2.33. The maximum Gasteiger partial charge on any atom is 0.222 e. The van der Waals surface area contributed by atoms with Crippen molar-refractivity contribution in [2.75, 3.05) is 13.1 Å². The third-order valence-electron chi connectivity index (χ3n) is 5.63. The third-order valence-corrected chi connectivity index (χ3v) is 5.63. The summed E-state index contributed by atoms with van der Waals surface area (Å²) in [6, 6.07) is 6.13. The van der Waals surface area contributed by atoms with E-state index in [0.717, 1.165) is 56.7 Å². The van der Waals surface area contributed by atoms with Crippen LogP contribution in [0.1, 0.15) is 50.3 Å². The molecule has 0 aromatic carbocycles. The Morgan fingerprint density at radius 1 is 1.21 bits per heavy atom. The zero-order chi connectivity index (χ0) is 16.5. The van der Waals surface area contributed by atoms with Gasteiger partial charge in [0.15, 0.2) is 5.65 Å². The Labute approximate surface area is 142 Å². The fraction of sp³-hybridized carbons (Fsp3) is 0.611. The van der Waals surface area contributed by atoms with Crippen molar-refractivity contribution in [1.82, 2.24) is 19.5 Å². The number of amides is 1. The average Bonchev–Trinajstić information content (AvgIpc) is 3.21. The van der Waals surface area contributed by atoms with Crippen LogP contribution in [0.4, 0.5) is 0 Å². The summed E-state index contributed by atoms with van der Waals surface area (Å²) in [7, 11) is 0. The van der Waals surface area contributed by atoms with Gasteiger partial charge in [-0.15, -0.1) is 10.2 Å². The number of hydrogen-bond acceptors (Lipinski definition) is 4. The van der Waals surface area contributed by atoms with Gasteiger partial charge < -0.3 is 10.6 Å². The average molecular weight is 327 g/mol. The van der Waals surface area contributed by atoms with E-state index in [0.29, 0.717) is 12.3 Å². The zero-order valence-corrected chi connectivity index (χ0v) is 14.0. The number of nitrogens with zero attached hydrogens (tertiary/aromatic N) is 4. The monoisotopic (exact) mass is 327 g/mol. The van der Waals surface area contributed by atoms with Crippen LogP contribution < -0.4 is 5.73 Å². The highest BCUT2D eigenvalue weighted by molar-refractivity contribution is 5.76. The lowest BCUT2D eigenvalue weighted by atomic mass is 9.95.